The molecule has 5 nitrogen and oxygen atoms in total. The number of para-hydroxylation sites is 2. The SMILES string of the molecule is COc1ccc(OCCn2c(=N)n(C)c3ccccc32)cc1.[Br-]. The van der Waals surface area contributed by atoms with Gasteiger partial charge in [0.25, 0.3) is 0 Å². The molecule has 0 bridgehead atoms. The second-order valence-electron chi connectivity index (χ2n) is 5.05. The van der Waals surface area contributed by atoms with Gasteiger partial charge in [0, 0.05) is 7.05 Å². The molecule has 0 saturated carbocycles. The molecule has 0 unspecified atom stereocenters. The molecule has 3 rings (SSSR count). The van der Waals surface area contributed by atoms with Crippen LogP contribution in [0.5, 0.6) is 11.5 Å². The molecule has 1 heterocycles. The van der Waals surface area contributed by atoms with Gasteiger partial charge in [-0.25, -0.2) is 0 Å². The molecule has 0 spiro atoms. The number of hydrogen-bond acceptors (Lipinski definition) is 3. The number of benzene rings is 2. The maximum atomic E-state index is 8.21. The Morgan fingerprint density at radius 1 is 0.957 bits per heavy atom. The van der Waals surface area contributed by atoms with Crippen molar-refractivity contribution in [1.82, 2.24) is 9.13 Å². The molecule has 0 aliphatic rings. The first kappa shape index (κ1) is 17.1. The lowest BCUT2D eigenvalue weighted by Crippen LogP contribution is -3.00. The zero-order chi connectivity index (χ0) is 15.5. The van der Waals surface area contributed by atoms with E-state index in [0.29, 0.717) is 18.8 Å². The van der Waals surface area contributed by atoms with Gasteiger partial charge in [-0.2, -0.15) is 0 Å². The lowest BCUT2D eigenvalue weighted by atomic mass is 10.3. The second kappa shape index (κ2) is 7.37. The van der Waals surface area contributed by atoms with Gasteiger partial charge in [-0.15, -0.1) is 0 Å². The normalized spacial score (nSPS) is 10.3. The van der Waals surface area contributed by atoms with Gasteiger partial charge in [0.05, 0.1) is 24.7 Å². The third-order valence-corrected chi connectivity index (χ3v) is 3.75. The summed E-state index contributed by atoms with van der Waals surface area (Å²) in [7, 11) is 3.55. The number of imidazole rings is 1. The summed E-state index contributed by atoms with van der Waals surface area (Å²) >= 11 is 0. The molecule has 0 amide bonds. The van der Waals surface area contributed by atoms with Crippen molar-refractivity contribution >= 4 is 11.0 Å². The second-order valence-corrected chi connectivity index (χ2v) is 5.05. The van der Waals surface area contributed by atoms with Crippen LogP contribution in [0.25, 0.3) is 11.0 Å². The van der Waals surface area contributed by atoms with Crippen molar-refractivity contribution in [3.05, 3.63) is 54.1 Å². The number of methoxy groups -OCH3 is 1. The molecule has 122 valence electrons. The van der Waals surface area contributed by atoms with Gasteiger partial charge in [0.2, 0.25) is 5.62 Å². The van der Waals surface area contributed by atoms with Crippen LogP contribution >= 0.6 is 0 Å². The first-order valence-corrected chi connectivity index (χ1v) is 7.16. The van der Waals surface area contributed by atoms with E-state index in [1.807, 2.05) is 64.7 Å². The summed E-state index contributed by atoms with van der Waals surface area (Å²) in [5, 5.41) is 8.21. The highest BCUT2D eigenvalue weighted by molar-refractivity contribution is 5.75. The Balaban J connectivity index is 0.00000192. The zero-order valence-corrected chi connectivity index (χ0v) is 14.7. The van der Waals surface area contributed by atoms with Gasteiger partial charge in [-0.05, 0) is 36.4 Å². The van der Waals surface area contributed by atoms with Crippen LogP contribution in [0, 0.1) is 5.41 Å². The summed E-state index contributed by atoms with van der Waals surface area (Å²) in [5.74, 6) is 1.61. The quantitative estimate of drug-likeness (QED) is 0.655. The number of nitrogens with one attached hydrogen (secondary N) is 1. The number of ether oxygens (including phenoxy) is 2. The third kappa shape index (κ3) is 3.42. The number of halogens is 1. The van der Waals surface area contributed by atoms with E-state index < -0.39 is 0 Å². The van der Waals surface area contributed by atoms with Gasteiger partial charge < -0.3 is 35.6 Å². The van der Waals surface area contributed by atoms with Crippen molar-refractivity contribution in [2.75, 3.05) is 13.7 Å². The fraction of sp³-hybridized carbons (Fsp3) is 0.235. The number of rotatable bonds is 5. The molecule has 23 heavy (non-hydrogen) atoms. The summed E-state index contributed by atoms with van der Waals surface area (Å²) in [5.41, 5.74) is 2.57. The molecule has 0 saturated heterocycles. The fourth-order valence-electron chi connectivity index (χ4n) is 2.54. The average Bonchev–Trinajstić information content (AvgIpc) is 2.81. The van der Waals surface area contributed by atoms with Crippen LogP contribution in [0.1, 0.15) is 0 Å². The Bertz CT molecular complexity index is 837. The molecule has 0 aliphatic carbocycles. The van der Waals surface area contributed by atoms with Crippen LogP contribution in [0.15, 0.2) is 48.5 Å². The molecule has 0 atom stereocenters. The first-order chi connectivity index (χ1) is 10.7. The summed E-state index contributed by atoms with van der Waals surface area (Å²) in [6.07, 6.45) is 0. The molecule has 1 N–H and O–H groups in total. The molecule has 0 fully saturated rings. The minimum Gasteiger partial charge on any atom is -1.00 e. The predicted octanol–water partition coefficient (Wildman–Crippen LogP) is -0.449. The molecule has 2 aromatic carbocycles. The van der Waals surface area contributed by atoms with Crippen LogP contribution < -0.4 is 32.1 Å². The Hall–Kier alpha value is -2.21. The summed E-state index contributed by atoms with van der Waals surface area (Å²) < 4.78 is 14.7. The molecule has 3 aromatic rings. The standard InChI is InChI=1S/C17H19N3O2.BrH/c1-19-15-5-3-4-6-16(15)20(17(19)18)11-12-22-14-9-7-13(21-2)8-10-14;/h3-10,18H,11-12H2,1-2H3;1H/p-1. The number of aryl methyl sites for hydroxylation is 1. The lowest BCUT2D eigenvalue weighted by molar-refractivity contribution is -0.00000551. The Labute approximate surface area is 145 Å². The van der Waals surface area contributed by atoms with E-state index in [-0.39, 0.29) is 17.0 Å². The van der Waals surface area contributed by atoms with Crippen LogP contribution in [0.2, 0.25) is 0 Å². The Morgan fingerprint density at radius 2 is 1.57 bits per heavy atom. The van der Waals surface area contributed by atoms with E-state index in [4.69, 9.17) is 14.9 Å². The van der Waals surface area contributed by atoms with Gasteiger partial charge >= 0.3 is 0 Å². The van der Waals surface area contributed by atoms with Gasteiger partial charge in [-0.3, -0.25) is 5.41 Å². The van der Waals surface area contributed by atoms with Crippen molar-refractivity contribution in [2.24, 2.45) is 7.05 Å². The summed E-state index contributed by atoms with van der Waals surface area (Å²) in [6.45, 7) is 1.14. The van der Waals surface area contributed by atoms with Gasteiger partial charge in [-0.1, -0.05) is 12.1 Å². The Kier molecular flexibility index (Phi) is 5.50. The summed E-state index contributed by atoms with van der Waals surface area (Å²) in [6, 6.07) is 15.5. The maximum Gasteiger partial charge on any atom is 0.202 e. The molecule has 6 heteroatoms. The van der Waals surface area contributed by atoms with Gasteiger partial charge in [0.15, 0.2) is 0 Å². The number of nitrogens with zero attached hydrogens (tertiary/aromatic N) is 2. The van der Waals surface area contributed by atoms with E-state index in [1.54, 1.807) is 7.11 Å². The smallest absolute Gasteiger partial charge is 0.202 e. The highest BCUT2D eigenvalue weighted by atomic mass is 79.9. The van der Waals surface area contributed by atoms with Crippen molar-refractivity contribution in [3.63, 3.8) is 0 Å². The van der Waals surface area contributed by atoms with E-state index in [2.05, 4.69) is 0 Å². The number of aromatic nitrogens is 2. The topological polar surface area (TPSA) is 52.2 Å². The molecule has 0 aliphatic heterocycles. The zero-order valence-electron chi connectivity index (χ0n) is 13.1. The largest absolute Gasteiger partial charge is 1.00 e. The third-order valence-electron chi connectivity index (χ3n) is 3.75. The minimum absolute atomic E-state index is 0. The van der Waals surface area contributed by atoms with Crippen LogP contribution in [0.4, 0.5) is 0 Å². The molecular weight excluding hydrogens is 358 g/mol. The van der Waals surface area contributed by atoms with Gasteiger partial charge in [0.1, 0.15) is 18.1 Å². The van der Waals surface area contributed by atoms with Crippen LogP contribution in [-0.4, -0.2) is 22.9 Å². The first-order valence-electron chi connectivity index (χ1n) is 7.16. The molecule has 1 aromatic heterocycles. The molecule has 0 radical (unpaired) electrons. The van der Waals surface area contributed by atoms with Crippen molar-refractivity contribution in [1.29, 1.82) is 5.41 Å². The highest BCUT2D eigenvalue weighted by Crippen LogP contribution is 2.17. The van der Waals surface area contributed by atoms with E-state index in [9.17, 15) is 0 Å². The van der Waals surface area contributed by atoms with Crippen molar-refractivity contribution in [3.8, 4) is 11.5 Å². The Morgan fingerprint density at radius 3 is 2.22 bits per heavy atom. The highest BCUT2D eigenvalue weighted by Gasteiger charge is 2.07. The van der Waals surface area contributed by atoms with Crippen LogP contribution in [-0.2, 0) is 13.6 Å². The van der Waals surface area contributed by atoms with E-state index in [0.717, 1.165) is 22.5 Å². The fourth-order valence-corrected chi connectivity index (χ4v) is 2.54. The predicted molar refractivity (Wildman–Crippen MR) is 85.3 cm³/mol. The van der Waals surface area contributed by atoms with Crippen molar-refractivity contribution in [2.45, 2.75) is 6.54 Å². The number of fused-ring (bicyclic) bond motifs is 1. The van der Waals surface area contributed by atoms with E-state index in [1.165, 1.54) is 0 Å². The van der Waals surface area contributed by atoms with Crippen molar-refractivity contribution < 1.29 is 26.5 Å². The maximum absolute atomic E-state index is 8.21. The number of hydrogen-bond donors (Lipinski definition) is 1. The summed E-state index contributed by atoms with van der Waals surface area (Å²) in [4.78, 5) is 0. The lowest BCUT2D eigenvalue weighted by Gasteiger charge is -2.08. The average molecular weight is 377 g/mol. The molecular formula is C17H19BrN3O2-. The van der Waals surface area contributed by atoms with Crippen LogP contribution in [0.3, 0.4) is 0 Å². The van der Waals surface area contributed by atoms with E-state index >= 15 is 0 Å². The minimum atomic E-state index is 0. The monoisotopic (exact) mass is 376 g/mol.